The van der Waals surface area contributed by atoms with Crippen LogP contribution in [0.2, 0.25) is 10.0 Å². The fraction of sp³-hybridized carbons (Fsp3) is 0.0714. The fourth-order valence-corrected chi connectivity index (χ4v) is 2.13. The second kappa shape index (κ2) is 4.63. The van der Waals surface area contributed by atoms with E-state index in [1.165, 1.54) is 0 Å². The van der Waals surface area contributed by atoms with E-state index in [0.717, 1.165) is 11.1 Å². The zero-order chi connectivity index (χ0) is 12.5. The Morgan fingerprint density at radius 3 is 2.61 bits per heavy atom. The maximum atomic E-state index is 5.88. The Hall–Kier alpha value is -1.51. The van der Waals surface area contributed by atoms with Crippen molar-refractivity contribution >= 4 is 29.3 Å². The highest BCUT2D eigenvalue weighted by molar-refractivity contribution is 6.30. The minimum atomic E-state index is -0.136. The third kappa shape index (κ3) is 2.22. The third-order valence-corrected chi connectivity index (χ3v) is 3.19. The first-order chi connectivity index (χ1) is 8.72. The molecule has 1 aromatic carbocycles. The first-order valence-corrected chi connectivity index (χ1v) is 6.24. The topological polar surface area (TPSA) is 22.1 Å². The molecule has 0 spiro atoms. The molecular weight excluding hydrogens is 269 g/mol. The first kappa shape index (κ1) is 11.6. The summed E-state index contributed by atoms with van der Waals surface area (Å²) in [4.78, 5) is 4.18. The van der Waals surface area contributed by atoms with E-state index < -0.39 is 0 Å². The van der Waals surface area contributed by atoms with E-state index in [0.29, 0.717) is 15.9 Å². The molecule has 2 heterocycles. The number of pyridine rings is 1. The molecular formula is C14H9Cl2NO. The van der Waals surface area contributed by atoms with Gasteiger partial charge in [0.2, 0.25) is 5.88 Å². The van der Waals surface area contributed by atoms with Gasteiger partial charge in [0.25, 0.3) is 0 Å². The molecule has 0 bridgehead atoms. The predicted molar refractivity (Wildman–Crippen MR) is 73.1 cm³/mol. The zero-order valence-electron chi connectivity index (χ0n) is 9.31. The highest BCUT2D eigenvalue weighted by Gasteiger charge is 2.17. The van der Waals surface area contributed by atoms with E-state index >= 15 is 0 Å². The molecule has 0 amide bonds. The lowest BCUT2D eigenvalue weighted by atomic mass is 10.1. The number of nitrogens with zero attached hydrogens (tertiary/aromatic N) is 1. The van der Waals surface area contributed by atoms with Crippen molar-refractivity contribution in [3.05, 3.63) is 63.8 Å². The van der Waals surface area contributed by atoms with Crippen molar-refractivity contribution in [2.24, 2.45) is 0 Å². The molecule has 1 aromatic heterocycles. The van der Waals surface area contributed by atoms with Gasteiger partial charge in [0.1, 0.15) is 6.10 Å². The SMILES string of the molecule is Clc1ccc([C@H]2C=Cc3cc(Cl)cnc3O2)cc1. The van der Waals surface area contributed by atoms with Gasteiger partial charge in [-0.3, -0.25) is 0 Å². The van der Waals surface area contributed by atoms with Crippen LogP contribution in [0.5, 0.6) is 5.88 Å². The largest absolute Gasteiger partial charge is 0.465 e. The van der Waals surface area contributed by atoms with Gasteiger partial charge in [0.15, 0.2) is 0 Å². The summed E-state index contributed by atoms with van der Waals surface area (Å²) in [5, 5.41) is 1.32. The van der Waals surface area contributed by atoms with Gasteiger partial charge in [-0.2, -0.15) is 0 Å². The van der Waals surface area contributed by atoms with Crippen LogP contribution in [0.4, 0.5) is 0 Å². The molecule has 1 aliphatic rings. The van der Waals surface area contributed by atoms with Crippen molar-refractivity contribution in [2.75, 3.05) is 0 Å². The molecule has 4 heteroatoms. The molecule has 90 valence electrons. The number of benzene rings is 1. The number of fused-ring (bicyclic) bond motifs is 1. The standard InChI is InChI=1S/C14H9Cl2NO/c15-11-4-1-9(2-5-11)13-6-3-10-7-12(16)8-17-14(10)18-13/h1-8,13H/t13-/m1/s1. The van der Waals surface area contributed by atoms with Crippen molar-refractivity contribution in [2.45, 2.75) is 6.10 Å². The summed E-state index contributed by atoms with van der Waals surface area (Å²) >= 11 is 11.7. The quantitative estimate of drug-likeness (QED) is 0.764. The van der Waals surface area contributed by atoms with Gasteiger partial charge in [-0.25, -0.2) is 4.98 Å². The normalized spacial score (nSPS) is 17.1. The summed E-state index contributed by atoms with van der Waals surface area (Å²) in [6.07, 6.45) is 5.39. The molecule has 0 saturated heterocycles. The summed E-state index contributed by atoms with van der Waals surface area (Å²) < 4.78 is 5.81. The number of hydrogen-bond donors (Lipinski definition) is 0. The molecule has 1 atom stereocenters. The molecule has 0 aliphatic carbocycles. The zero-order valence-corrected chi connectivity index (χ0v) is 10.8. The molecule has 0 radical (unpaired) electrons. The maximum Gasteiger partial charge on any atom is 0.221 e. The summed E-state index contributed by atoms with van der Waals surface area (Å²) in [6, 6.07) is 9.41. The van der Waals surface area contributed by atoms with Crippen molar-refractivity contribution in [1.82, 2.24) is 4.98 Å². The van der Waals surface area contributed by atoms with Gasteiger partial charge < -0.3 is 4.74 Å². The molecule has 1 aliphatic heterocycles. The van der Waals surface area contributed by atoms with Crippen molar-refractivity contribution < 1.29 is 4.74 Å². The Bertz CT molecular complexity index is 608. The molecule has 0 saturated carbocycles. The van der Waals surface area contributed by atoms with Gasteiger partial charge in [-0.05, 0) is 35.9 Å². The molecule has 2 aromatic rings. The Labute approximate surface area is 115 Å². The van der Waals surface area contributed by atoms with Gasteiger partial charge >= 0.3 is 0 Å². The molecule has 0 N–H and O–H groups in total. The van der Waals surface area contributed by atoms with Gasteiger partial charge in [-0.1, -0.05) is 35.3 Å². The monoisotopic (exact) mass is 277 g/mol. The number of rotatable bonds is 1. The molecule has 0 fully saturated rings. The van der Waals surface area contributed by atoms with Crippen LogP contribution in [0.1, 0.15) is 17.2 Å². The van der Waals surface area contributed by atoms with Crippen molar-refractivity contribution in [3.8, 4) is 5.88 Å². The van der Waals surface area contributed by atoms with Crippen molar-refractivity contribution in [1.29, 1.82) is 0 Å². The Morgan fingerprint density at radius 1 is 1.06 bits per heavy atom. The number of ether oxygens (including phenoxy) is 1. The average Bonchev–Trinajstić information content (AvgIpc) is 2.39. The lowest BCUT2D eigenvalue weighted by Gasteiger charge is -2.20. The van der Waals surface area contributed by atoms with Crippen molar-refractivity contribution in [3.63, 3.8) is 0 Å². The smallest absolute Gasteiger partial charge is 0.221 e. The molecule has 18 heavy (non-hydrogen) atoms. The van der Waals surface area contributed by atoms with Crippen LogP contribution in [0.3, 0.4) is 0 Å². The van der Waals surface area contributed by atoms with E-state index in [4.69, 9.17) is 27.9 Å². The molecule has 3 rings (SSSR count). The lowest BCUT2D eigenvalue weighted by molar-refractivity contribution is 0.241. The number of halogens is 2. The molecule has 0 unspecified atom stereocenters. The maximum absolute atomic E-state index is 5.88. The highest BCUT2D eigenvalue weighted by atomic mass is 35.5. The second-order valence-electron chi connectivity index (χ2n) is 4.00. The van der Waals surface area contributed by atoms with Crippen LogP contribution in [-0.4, -0.2) is 4.98 Å². The Balaban J connectivity index is 1.92. The van der Waals surface area contributed by atoms with E-state index in [-0.39, 0.29) is 6.10 Å². The van der Waals surface area contributed by atoms with Crippen LogP contribution in [0.25, 0.3) is 6.08 Å². The Kier molecular flexibility index (Phi) is 2.98. The number of aromatic nitrogens is 1. The van der Waals surface area contributed by atoms with Crippen LogP contribution < -0.4 is 4.74 Å². The fourth-order valence-electron chi connectivity index (χ4n) is 1.84. The first-order valence-electron chi connectivity index (χ1n) is 5.48. The van der Waals surface area contributed by atoms with Crippen LogP contribution in [0, 0.1) is 0 Å². The average molecular weight is 278 g/mol. The number of hydrogen-bond acceptors (Lipinski definition) is 2. The van der Waals surface area contributed by atoms with Crippen LogP contribution in [-0.2, 0) is 0 Å². The Morgan fingerprint density at radius 2 is 1.83 bits per heavy atom. The summed E-state index contributed by atoms with van der Waals surface area (Å²) in [6.45, 7) is 0. The summed E-state index contributed by atoms with van der Waals surface area (Å²) in [7, 11) is 0. The van der Waals surface area contributed by atoms with Gasteiger partial charge in [0, 0.05) is 16.8 Å². The van der Waals surface area contributed by atoms with E-state index in [1.807, 2.05) is 42.5 Å². The van der Waals surface area contributed by atoms with E-state index in [1.54, 1.807) is 6.20 Å². The van der Waals surface area contributed by atoms with Crippen LogP contribution >= 0.6 is 23.2 Å². The van der Waals surface area contributed by atoms with E-state index in [9.17, 15) is 0 Å². The second-order valence-corrected chi connectivity index (χ2v) is 4.87. The van der Waals surface area contributed by atoms with Gasteiger partial charge in [0.05, 0.1) is 5.02 Å². The van der Waals surface area contributed by atoms with E-state index in [2.05, 4.69) is 4.98 Å². The predicted octanol–water partition coefficient (Wildman–Crippen LogP) is 4.54. The summed E-state index contributed by atoms with van der Waals surface area (Å²) in [5.41, 5.74) is 1.94. The molecule has 2 nitrogen and oxygen atoms in total. The minimum Gasteiger partial charge on any atom is -0.465 e. The highest BCUT2D eigenvalue weighted by Crippen LogP contribution is 2.32. The summed E-state index contributed by atoms with van der Waals surface area (Å²) in [5.74, 6) is 0.599. The lowest BCUT2D eigenvalue weighted by Crippen LogP contribution is -2.09. The third-order valence-electron chi connectivity index (χ3n) is 2.73. The van der Waals surface area contributed by atoms with Gasteiger partial charge in [-0.15, -0.1) is 0 Å². The van der Waals surface area contributed by atoms with Crippen LogP contribution in [0.15, 0.2) is 42.6 Å². The minimum absolute atomic E-state index is 0.136.